The van der Waals surface area contributed by atoms with Crippen LogP contribution in [0, 0.1) is 17.8 Å². The molecule has 0 amide bonds. The predicted molar refractivity (Wildman–Crippen MR) is 137 cm³/mol. The maximum Gasteiger partial charge on any atom is 0.0565 e. The molecule has 1 N–H and O–H groups in total. The molecule has 6 heteroatoms. The van der Waals surface area contributed by atoms with E-state index in [2.05, 4.69) is 46.5 Å². The highest BCUT2D eigenvalue weighted by Crippen LogP contribution is 2.37. The highest BCUT2D eigenvalue weighted by molar-refractivity contribution is 7.08. The van der Waals surface area contributed by atoms with Crippen LogP contribution in [0.25, 0.3) is 0 Å². The highest BCUT2D eigenvalue weighted by Gasteiger charge is 2.36. The zero-order valence-electron chi connectivity index (χ0n) is 19.2. The Morgan fingerprint density at radius 1 is 1.09 bits per heavy atom. The molecule has 3 nitrogen and oxygen atoms in total. The summed E-state index contributed by atoms with van der Waals surface area (Å²) in [4.78, 5) is 5.23. The van der Waals surface area contributed by atoms with Crippen molar-refractivity contribution in [3.63, 3.8) is 0 Å². The standard InChI is InChI=1S/C26H36Cl2N2OS/c1-18(2)26(31)11-19-5-8-29(9-6-19)14-22-15-30(16-24(22)21-7-10-32-17-21)13-20-3-4-23(27)12-25(20)28/h3-4,7,10,12,17-19,22,24,26,31H,5-6,8-9,11,13-16H2,1-2H3/t22?,24?,26-/m0/s1. The van der Waals surface area contributed by atoms with E-state index in [-0.39, 0.29) is 6.10 Å². The summed E-state index contributed by atoms with van der Waals surface area (Å²) in [5.41, 5.74) is 2.64. The normalized spacial score (nSPS) is 24.4. The Bertz CT molecular complexity index is 852. The molecule has 3 heterocycles. The quantitative estimate of drug-likeness (QED) is 0.460. The van der Waals surface area contributed by atoms with Crippen LogP contribution in [0.15, 0.2) is 35.0 Å². The number of halogens is 2. The molecule has 1 aromatic heterocycles. The molecule has 2 aromatic rings. The van der Waals surface area contributed by atoms with Gasteiger partial charge in [0, 0.05) is 42.1 Å². The Labute approximate surface area is 207 Å². The first-order chi connectivity index (χ1) is 15.4. The lowest BCUT2D eigenvalue weighted by Crippen LogP contribution is -2.39. The van der Waals surface area contributed by atoms with Gasteiger partial charge in [-0.2, -0.15) is 11.3 Å². The van der Waals surface area contributed by atoms with Gasteiger partial charge in [0.25, 0.3) is 0 Å². The molecule has 4 rings (SSSR count). The lowest BCUT2D eigenvalue weighted by Gasteiger charge is -2.35. The summed E-state index contributed by atoms with van der Waals surface area (Å²) in [6.45, 7) is 10.8. The van der Waals surface area contributed by atoms with Gasteiger partial charge in [0.05, 0.1) is 6.10 Å². The van der Waals surface area contributed by atoms with Crippen molar-refractivity contribution in [3.8, 4) is 0 Å². The molecule has 2 aliphatic heterocycles. The monoisotopic (exact) mass is 494 g/mol. The minimum absolute atomic E-state index is 0.155. The van der Waals surface area contributed by atoms with Crippen molar-refractivity contribution in [2.75, 3.05) is 32.7 Å². The first-order valence-electron chi connectivity index (χ1n) is 12.0. The number of rotatable bonds is 8. The number of likely N-dealkylation sites (tertiary alicyclic amines) is 2. The Morgan fingerprint density at radius 3 is 2.53 bits per heavy atom. The van der Waals surface area contributed by atoms with Crippen LogP contribution in [0.5, 0.6) is 0 Å². The minimum atomic E-state index is -0.155. The van der Waals surface area contributed by atoms with Crippen LogP contribution in [0.3, 0.4) is 0 Å². The van der Waals surface area contributed by atoms with Crippen LogP contribution in [0.4, 0.5) is 0 Å². The van der Waals surface area contributed by atoms with Crippen LogP contribution < -0.4 is 0 Å². The maximum absolute atomic E-state index is 10.3. The summed E-state index contributed by atoms with van der Waals surface area (Å²) >= 11 is 14.4. The molecule has 0 bridgehead atoms. The smallest absolute Gasteiger partial charge is 0.0565 e. The van der Waals surface area contributed by atoms with Crippen molar-refractivity contribution < 1.29 is 5.11 Å². The lowest BCUT2D eigenvalue weighted by molar-refractivity contribution is 0.0726. The molecule has 0 spiro atoms. The Balaban J connectivity index is 1.36. The third kappa shape index (κ3) is 6.28. The number of hydrogen-bond donors (Lipinski definition) is 1. The summed E-state index contributed by atoms with van der Waals surface area (Å²) in [5, 5.41) is 16.3. The van der Waals surface area contributed by atoms with E-state index in [9.17, 15) is 5.11 Å². The molecule has 2 fully saturated rings. The third-order valence-corrected chi connectivity index (χ3v) is 8.73. The molecule has 176 valence electrons. The van der Waals surface area contributed by atoms with Crippen LogP contribution in [0.1, 0.15) is 50.2 Å². The zero-order valence-corrected chi connectivity index (χ0v) is 21.5. The number of aliphatic hydroxyl groups excluding tert-OH is 1. The molecule has 2 unspecified atom stereocenters. The summed E-state index contributed by atoms with van der Waals surface area (Å²) in [6.07, 6.45) is 3.23. The largest absolute Gasteiger partial charge is 0.393 e. The average Bonchev–Trinajstić information content (AvgIpc) is 3.41. The number of benzene rings is 1. The van der Waals surface area contributed by atoms with E-state index >= 15 is 0 Å². The molecular weight excluding hydrogens is 459 g/mol. The molecule has 2 saturated heterocycles. The van der Waals surface area contributed by atoms with Gasteiger partial charge in [0.2, 0.25) is 0 Å². The fourth-order valence-electron chi connectivity index (χ4n) is 5.38. The van der Waals surface area contributed by atoms with E-state index in [4.69, 9.17) is 23.2 Å². The van der Waals surface area contributed by atoms with Crippen LogP contribution in [-0.2, 0) is 6.54 Å². The first kappa shape index (κ1) is 24.5. The van der Waals surface area contributed by atoms with Crippen LogP contribution in [0.2, 0.25) is 10.0 Å². The predicted octanol–water partition coefficient (Wildman–Crippen LogP) is 6.39. The van der Waals surface area contributed by atoms with Gasteiger partial charge in [-0.05, 0) is 90.2 Å². The summed E-state index contributed by atoms with van der Waals surface area (Å²) in [6, 6.07) is 8.16. The van der Waals surface area contributed by atoms with Gasteiger partial charge in [0.15, 0.2) is 0 Å². The fraction of sp³-hybridized carbons (Fsp3) is 0.615. The highest BCUT2D eigenvalue weighted by atomic mass is 35.5. The number of nitrogens with zero attached hydrogens (tertiary/aromatic N) is 2. The number of thiophene rings is 1. The summed E-state index contributed by atoms with van der Waals surface area (Å²) in [7, 11) is 0. The zero-order chi connectivity index (χ0) is 22.7. The van der Waals surface area contributed by atoms with E-state index in [1.165, 1.54) is 18.4 Å². The van der Waals surface area contributed by atoms with E-state index in [1.54, 1.807) is 11.3 Å². The van der Waals surface area contributed by atoms with Crippen LogP contribution in [-0.4, -0.2) is 53.7 Å². The average molecular weight is 496 g/mol. The molecular formula is C26H36Cl2N2OS. The van der Waals surface area contributed by atoms with Gasteiger partial charge in [-0.25, -0.2) is 0 Å². The molecule has 0 saturated carbocycles. The van der Waals surface area contributed by atoms with E-state index in [1.807, 2.05) is 12.1 Å². The Kier molecular flexibility index (Phi) is 8.58. The van der Waals surface area contributed by atoms with Gasteiger partial charge >= 0.3 is 0 Å². The van der Waals surface area contributed by atoms with E-state index in [0.717, 1.165) is 56.3 Å². The van der Waals surface area contributed by atoms with Gasteiger partial charge < -0.3 is 10.0 Å². The fourth-order valence-corrected chi connectivity index (χ4v) is 6.57. The van der Waals surface area contributed by atoms with Crippen molar-refractivity contribution in [1.29, 1.82) is 0 Å². The van der Waals surface area contributed by atoms with Crippen molar-refractivity contribution in [3.05, 3.63) is 56.2 Å². The van der Waals surface area contributed by atoms with E-state index < -0.39 is 0 Å². The molecule has 1 aromatic carbocycles. The molecule has 2 aliphatic rings. The van der Waals surface area contributed by atoms with E-state index in [0.29, 0.717) is 28.7 Å². The summed E-state index contributed by atoms with van der Waals surface area (Å²) in [5.74, 6) is 2.24. The lowest BCUT2D eigenvalue weighted by atomic mass is 9.86. The van der Waals surface area contributed by atoms with Gasteiger partial charge in [-0.3, -0.25) is 4.90 Å². The van der Waals surface area contributed by atoms with Crippen molar-refractivity contribution in [1.82, 2.24) is 9.80 Å². The molecule has 32 heavy (non-hydrogen) atoms. The second-order valence-corrected chi connectivity index (χ2v) is 11.8. The topological polar surface area (TPSA) is 26.7 Å². The van der Waals surface area contributed by atoms with Gasteiger partial charge in [-0.15, -0.1) is 0 Å². The number of piperidine rings is 1. The minimum Gasteiger partial charge on any atom is -0.393 e. The van der Waals surface area contributed by atoms with Crippen molar-refractivity contribution in [2.45, 2.75) is 51.7 Å². The maximum atomic E-state index is 10.3. The van der Waals surface area contributed by atoms with Crippen molar-refractivity contribution >= 4 is 34.5 Å². The second kappa shape index (κ2) is 11.2. The molecule has 3 atom stereocenters. The van der Waals surface area contributed by atoms with Gasteiger partial charge in [-0.1, -0.05) is 43.1 Å². The number of hydrogen-bond acceptors (Lipinski definition) is 4. The third-order valence-electron chi connectivity index (χ3n) is 7.44. The first-order valence-corrected chi connectivity index (χ1v) is 13.7. The molecule has 0 aliphatic carbocycles. The van der Waals surface area contributed by atoms with Crippen LogP contribution >= 0.6 is 34.5 Å². The number of aliphatic hydroxyl groups is 1. The second-order valence-electron chi connectivity index (χ2n) is 10.1. The summed E-state index contributed by atoms with van der Waals surface area (Å²) < 4.78 is 0. The molecule has 0 radical (unpaired) electrons. The van der Waals surface area contributed by atoms with Gasteiger partial charge in [0.1, 0.15) is 0 Å². The Hall–Kier alpha value is -0.620. The SMILES string of the molecule is CC(C)[C@@H](O)CC1CCN(CC2CN(Cc3ccc(Cl)cc3Cl)CC2c2ccsc2)CC1. The Morgan fingerprint density at radius 2 is 1.88 bits per heavy atom. The van der Waals surface area contributed by atoms with Crippen molar-refractivity contribution in [2.24, 2.45) is 17.8 Å².